The molecule has 0 saturated heterocycles. The third kappa shape index (κ3) is 3.06. The first-order valence-electron chi connectivity index (χ1n) is 6.12. The minimum Gasteiger partial charge on any atom is -0.495 e. The van der Waals surface area contributed by atoms with Gasteiger partial charge in [-0.1, -0.05) is 0 Å². The Morgan fingerprint density at radius 1 is 1.68 bits per heavy atom. The molecule has 104 valence electrons. The molecule has 5 nitrogen and oxygen atoms in total. The first-order chi connectivity index (χ1) is 9.08. The van der Waals surface area contributed by atoms with E-state index in [0.29, 0.717) is 24.5 Å². The Morgan fingerprint density at radius 2 is 2.42 bits per heavy atom. The van der Waals surface area contributed by atoms with Gasteiger partial charge in [-0.3, -0.25) is 9.78 Å². The number of pyridine rings is 1. The molecule has 1 aromatic heterocycles. The van der Waals surface area contributed by atoms with Crippen molar-refractivity contribution < 1.29 is 19.4 Å². The smallest absolute Gasteiger partial charge is 0.309 e. The minimum absolute atomic E-state index is 0.137. The van der Waals surface area contributed by atoms with Gasteiger partial charge in [-0.15, -0.1) is 0 Å². The number of halogens is 1. The second kappa shape index (κ2) is 5.88. The number of aliphatic hydroxyl groups excluding tert-OH is 1. The van der Waals surface area contributed by atoms with Crippen LogP contribution in [0.3, 0.4) is 0 Å². The molecule has 0 radical (unpaired) electrons. The molecular formula is C13H16BrNO4. The van der Waals surface area contributed by atoms with E-state index < -0.39 is 6.10 Å². The van der Waals surface area contributed by atoms with Gasteiger partial charge in [0, 0.05) is 16.6 Å². The van der Waals surface area contributed by atoms with Gasteiger partial charge < -0.3 is 14.6 Å². The highest BCUT2D eigenvalue weighted by molar-refractivity contribution is 9.10. The maximum atomic E-state index is 11.6. The van der Waals surface area contributed by atoms with Crippen LogP contribution in [0.25, 0.3) is 0 Å². The summed E-state index contributed by atoms with van der Waals surface area (Å²) in [4.78, 5) is 15.7. The van der Waals surface area contributed by atoms with E-state index in [2.05, 4.69) is 20.9 Å². The second-order valence-corrected chi connectivity index (χ2v) is 5.36. The number of esters is 1. The third-order valence-corrected chi connectivity index (χ3v) is 3.62. The van der Waals surface area contributed by atoms with E-state index in [-0.39, 0.29) is 17.8 Å². The van der Waals surface area contributed by atoms with E-state index in [1.807, 2.05) is 0 Å². The molecular weight excluding hydrogens is 314 g/mol. The van der Waals surface area contributed by atoms with Gasteiger partial charge in [-0.05, 0) is 35.3 Å². The Hall–Kier alpha value is -1.14. The fourth-order valence-corrected chi connectivity index (χ4v) is 2.41. The molecule has 1 N–H and O–H groups in total. The van der Waals surface area contributed by atoms with Gasteiger partial charge in [0.15, 0.2) is 0 Å². The van der Waals surface area contributed by atoms with Gasteiger partial charge >= 0.3 is 5.97 Å². The van der Waals surface area contributed by atoms with E-state index in [1.165, 1.54) is 7.11 Å². The van der Waals surface area contributed by atoms with Crippen molar-refractivity contribution in [3.8, 4) is 5.75 Å². The molecule has 1 saturated carbocycles. The van der Waals surface area contributed by atoms with Crippen molar-refractivity contribution in [3.05, 3.63) is 22.4 Å². The van der Waals surface area contributed by atoms with Gasteiger partial charge in [0.05, 0.1) is 19.6 Å². The van der Waals surface area contributed by atoms with Crippen LogP contribution in [0.2, 0.25) is 0 Å². The standard InChI is InChI=1S/C13H16BrNO4/c1-3-19-13(17)9-5-8(9)12(16)11-10(18-2)4-7(14)6-15-11/h4,6,8-9,12,16H,3,5H2,1-2H3. The topological polar surface area (TPSA) is 68.7 Å². The number of nitrogens with zero attached hydrogens (tertiary/aromatic N) is 1. The first kappa shape index (κ1) is 14.3. The number of aliphatic hydroxyl groups is 1. The molecule has 1 heterocycles. The van der Waals surface area contributed by atoms with Crippen LogP contribution < -0.4 is 4.74 Å². The van der Waals surface area contributed by atoms with Crippen LogP contribution in [0.4, 0.5) is 0 Å². The van der Waals surface area contributed by atoms with E-state index in [9.17, 15) is 9.90 Å². The monoisotopic (exact) mass is 329 g/mol. The lowest BCUT2D eigenvalue weighted by Gasteiger charge is -2.13. The summed E-state index contributed by atoms with van der Waals surface area (Å²) in [5, 5.41) is 10.3. The summed E-state index contributed by atoms with van der Waals surface area (Å²) in [5.41, 5.74) is 0.461. The molecule has 3 unspecified atom stereocenters. The predicted octanol–water partition coefficient (Wildman–Crippen LogP) is 2.09. The summed E-state index contributed by atoms with van der Waals surface area (Å²) in [6, 6.07) is 1.74. The fourth-order valence-electron chi connectivity index (χ4n) is 2.10. The number of rotatable bonds is 5. The van der Waals surface area contributed by atoms with Crippen LogP contribution in [-0.4, -0.2) is 29.8 Å². The molecule has 1 aliphatic carbocycles. The predicted molar refractivity (Wildman–Crippen MR) is 71.7 cm³/mol. The van der Waals surface area contributed by atoms with Crippen LogP contribution in [0.5, 0.6) is 5.75 Å². The van der Waals surface area contributed by atoms with Gasteiger partial charge in [0.2, 0.25) is 0 Å². The largest absolute Gasteiger partial charge is 0.495 e. The van der Waals surface area contributed by atoms with Crippen molar-refractivity contribution in [2.75, 3.05) is 13.7 Å². The highest BCUT2D eigenvalue weighted by Gasteiger charge is 2.49. The molecule has 3 atom stereocenters. The van der Waals surface area contributed by atoms with Crippen molar-refractivity contribution in [1.82, 2.24) is 4.98 Å². The summed E-state index contributed by atoms with van der Waals surface area (Å²) >= 11 is 3.30. The number of ether oxygens (including phenoxy) is 2. The Balaban J connectivity index is 2.09. The van der Waals surface area contributed by atoms with Crippen molar-refractivity contribution >= 4 is 21.9 Å². The molecule has 0 spiro atoms. The molecule has 1 aliphatic rings. The quantitative estimate of drug-likeness (QED) is 0.837. The van der Waals surface area contributed by atoms with Crippen molar-refractivity contribution in [2.45, 2.75) is 19.4 Å². The summed E-state index contributed by atoms with van der Waals surface area (Å²) in [6.07, 6.45) is 1.42. The Bertz CT molecular complexity index is 480. The molecule has 0 aromatic carbocycles. The highest BCUT2D eigenvalue weighted by Crippen LogP contribution is 2.49. The molecule has 2 rings (SSSR count). The average Bonchev–Trinajstić information content (AvgIpc) is 3.18. The summed E-state index contributed by atoms with van der Waals surface area (Å²) < 4.78 is 10.9. The number of carbonyl (C=O) groups excluding carboxylic acids is 1. The van der Waals surface area contributed by atoms with E-state index >= 15 is 0 Å². The zero-order valence-corrected chi connectivity index (χ0v) is 12.4. The maximum Gasteiger partial charge on any atom is 0.309 e. The maximum absolute atomic E-state index is 11.6. The number of hydrogen-bond acceptors (Lipinski definition) is 5. The lowest BCUT2D eigenvalue weighted by atomic mass is 10.1. The van der Waals surface area contributed by atoms with E-state index in [1.54, 1.807) is 19.2 Å². The molecule has 6 heteroatoms. The lowest BCUT2D eigenvalue weighted by molar-refractivity contribution is -0.145. The van der Waals surface area contributed by atoms with Gasteiger partial charge in [-0.25, -0.2) is 0 Å². The molecule has 0 aliphatic heterocycles. The summed E-state index contributed by atoms with van der Waals surface area (Å²) in [7, 11) is 1.52. The molecule has 0 amide bonds. The molecule has 1 aromatic rings. The van der Waals surface area contributed by atoms with Crippen molar-refractivity contribution in [2.24, 2.45) is 11.8 Å². The Kier molecular flexibility index (Phi) is 4.42. The molecule has 1 fully saturated rings. The number of methoxy groups -OCH3 is 1. The van der Waals surface area contributed by atoms with Crippen molar-refractivity contribution in [3.63, 3.8) is 0 Å². The SMILES string of the molecule is CCOC(=O)C1CC1C(O)c1ncc(Br)cc1OC. The highest BCUT2D eigenvalue weighted by atomic mass is 79.9. The Morgan fingerprint density at radius 3 is 3.05 bits per heavy atom. The summed E-state index contributed by atoms with van der Waals surface area (Å²) in [6.45, 7) is 2.13. The third-order valence-electron chi connectivity index (χ3n) is 3.18. The first-order valence-corrected chi connectivity index (χ1v) is 6.91. The van der Waals surface area contributed by atoms with Crippen LogP contribution in [0.1, 0.15) is 25.1 Å². The van der Waals surface area contributed by atoms with Crippen LogP contribution in [-0.2, 0) is 9.53 Å². The van der Waals surface area contributed by atoms with Crippen LogP contribution in [0.15, 0.2) is 16.7 Å². The number of carbonyl (C=O) groups is 1. The number of aromatic nitrogens is 1. The Labute approximate surface area is 120 Å². The second-order valence-electron chi connectivity index (χ2n) is 4.44. The van der Waals surface area contributed by atoms with E-state index in [4.69, 9.17) is 9.47 Å². The van der Waals surface area contributed by atoms with Crippen LogP contribution >= 0.6 is 15.9 Å². The lowest BCUT2D eigenvalue weighted by Crippen LogP contribution is -2.12. The average molecular weight is 330 g/mol. The van der Waals surface area contributed by atoms with Crippen molar-refractivity contribution in [1.29, 1.82) is 0 Å². The van der Waals surface area contributed by atoms with Gasteiger partial charge in [0.25, 0.3) is 0 Å². The minimum atomic E-state index is -0.808. The van der Waals surface area contributed by atoms with E-state index in [0.717, 1.165) is 4.47 Å². The normalized spacial score (nSPS) is 22.7. The summed E-state index contributed by atoms with van der Waals surface area (Å²) in [5.74, 6) is -0.106. The zero-order chi connectivity index (χ0) is 14.0. The zero-order valence-electron chi connectivity index (χ0n) is 10.8. The fraction of sp³-hybridized carbons (Fsp3) is 0.538. The molecule has 19 heavy (non-hydrogen) atoms. The molecule has 0 bridgehead atoms. The number of hydrogen-bond donors (Lipinski definition) is 1. The van der Waals surface area contributed by atoms with Gasteiger partial charge in [-0.2, -0.15) is 0 Å². The van der Waals surface area contributed by atoms with Crippen LogP contribution in [0, 0.1) is 11.8 Å². The van der Waals surface area contributed by atoms with Gasteiger partial charge in [0.1, 0.15) is 17.5 Å².